The first-order valence-corrected chi connectivity index (χ1v) is 11.0. The molecule has 0 amide bonds. The summed E-state index contributed by atoms with van der Waals surface area (Å²) < 4.78 is 6.77. The van der Waals surface area contributed by atoms with Gasteiger partial charge in [-0.3, -0.25) is 0 Å². The third-order valence-electron chi connectivity index (χ3n) is 3.71. The van der Waals surface area contributed by atoms with Crippen molar-refractivity contribution in [3.8, 4) is 23.7 Å². The highest BCUT2D eigenvalue weighted by Gasteiger charge is 2.36. The van der Waals surface area contributed by atoms with Crippen LogP contribution in [0.1, 0.15) is 26.3 Å². The van der Waals surface area contributed by atoms with Gasteiger partial charge in [-0.05, 0) is 46.2 Å². The van der Waals surface area contributed by atoms with Crippen LogP contribution in [0.4, 0.5) is 0 Å². The number of hydrogen-bond donors (Lipinski definition) is 0. The van der Waals surface area contributed by atoms with Gasteiger partial charge in [0, 0.05) is 11.6 Å². The summed E-state index contributed by atoms with van der Waals surface area (Å²) in [6, 6.07) is 9.88. The van der Waals surface area contributed by atoms with Crippen molar-refractivity contribution in [2.24, 2.45) is 0 Å². The summed E-state index contributed by atoms with van der Waals surface area (Å²) in [5, 5.41) is 0.211. The van der Waals surface area contributed by atoms with E-state index in [4.69, 9.17) is 4.43 Å². The monoisotopic (exact) mass is 374 g/mol. The van der Waals surface area contributed by atoms with Gasteiger partial charge in [0.05, 0.1) is 11.1 Å². The second-order valence-electron chi connectivity index (χ2n) is 6.48. The average molecular weight is 375 g/mol. The van der Waals surface area contributed by atoms with Crippen LogP contribution < -0.4 is 0 Å². The Morgan fingerprint density at radius 3 is 2.45 bits per heavy atom. The lowest BCUT2D eigenvalue weighted by Gasteiger charge is -2.35. The van der Waals surface area contributed by atoms with Gasteiger partial charge >= 0.3 is 0 Å². The van der Waals surface area contributed by atoms with Gasteiger partial charge in [0.25, 0.3) is 0 Å². The Balaban J connectivity index is 2.55. The van der Waals surface area contributed by atoms with Gasteiger partial charge in [0.1, 0.15) is 0 Å². The smallest absolute Gasteiger partial charge is 0.193 e. The first-order chi connectivity index (χ1) is 10.2. The molecule has 0 aliphatic heterocycles. The molecule has 1 rings (SSSR count). The zero-order valence-electron chi connectivity index (χ0n) is 14.0. The van der Waals surface area contributed by atoms with E-state index in [2.05, 4.69) is 73.5 Å². The van der Waals surface area contributed by atoms with Crippen LogP contribution in [0.2, 0.25) is 18.1 Å². The Morgan fingerprint density at radius 1 is 1.23 bits per heavy atom. The fourth-order valence-electron chi connectivity index (χ4n) is 1.29. The SMILES string of the molecule is CC(C)(C)[Si](C)(C)OCC#C/C(Br)=C\C#Cc1ccccc1. The van der Waals surface area contributed by atoms with E-state index in [1.807, 2.05) is 30.3 Å². The fourth-order valence-corrected chi connectivity index (χ4v) is 2.41. The van der Waals surface area contributed by atoms with E-state index in [0.29, 0.717) is 6.61 Å². The van der Waals surface area contributed by atoms with Crippen molar-refractivity contribution in [1.82, 2.24) is 0 Å². The van der Waals surface area contributed by atoms with Crippen molar-refractivity contribution in [3.63, 3.8) is 0 Å². The average Bonchev–Trinajstić information content (AvgIpc) is 2.43. The van der Waals surface area contributed by atoms with Crippen LogP contribution in [0.3, 0.4) is 0 Å². The molecule has 0 bridgehead atoms. The Bertz CT molecular complexity index is 631. The van der Waals surface area contributed by atoms with Gasteiger partial charge in [-0.1, -0.05) is 62.7 Å². The van der Waals surface area contributed by atoms with Crippen LogP contribution in [0.25, 0.3) is 0 Å². The molecule has 0 aromatic heterocycles. The number of allylic oxidation sites excluding steroid dienone is 2. The van der Waals surface area contributed by atoms with Crippen LogP contribution in [-0.4, -0.2) is 14.9 Å². The Morgan fingerprint density at radius 2 is 1.86 bits per heavy atom. The molecule has 0 spiro atoms. The minimum atomic E-state index is -1.71. The largest absolute Gasteiger partial charge is 0.406 e. The normalized spacial score (nSPS) is 12.0. The van der Waals surface area contributed by atoms with E-state index in [-0.39, 0.29) is 5.04 Å². The molecular formula is C19H23BrOSi. The molecule has 1 aromatic carbocycles. The molecule has 3 heteroatoms. The summed E-state index contributed by atoms with van der Waals surface area (Å²) >= 11 is 3.41. The maximum atomic E-state index is 6.00. The van der Waals surface area contributed by atoms with Gasteiger partial charge in [-0.25, -0.2) is 0 Å². The Hall–Kier alpha value is -1.26. The summed E-state index contributed by atoms with van der Waals surface area (Å²) in [5.41, 5.74) is 0.994. The van der Waals surface area contributed by atoms with E-state index < -0.39 is 8.32 Å². The third-order valence-corrected chi connectivity index (χ3v) is 8.61. The first-order valence-electron chi connectivity index (χ1n) is 7.27. The minimum absolute atomic E-state index is 0.211. The molecule has 1 nitrogen and oxygen atoms in total. The Kier molecular flexibility index (Phi) is 7.16. The van der Waals surface area contributed by atoms with Crippen molar-refractivity contribution in [3.05, 3.63) is 46.5 Å². The maximum absolute atomic E-state index is 6.00. The van der Waals surface area contributed by atoms with Crippen LogP contribution >= 0.6 is 15.9 Å². The fraction of sp³-hybridized carbons (Fsp3) is 0.368. The molecule has 0 saturated heterocycles. The number of rotatable bonds is 2. The second kappa shape index (κ2) is 8.39. The van der Waals surface area contributed by atoms with Gasteiger partial charge in [-0.15, -0.1) is 0 Å². The molecule has 22 heavy (non-hydrogen) atoms. The molecule has 116 valence electrons. The van der Waals surface area contributed by atoms with E-state index in [0.717, 1.165) is 10.0 Å². The molecule has 0 fully saturated rings. The molecule has 1 aromatic rings. The highest BCUT2D eigenvalue weighted by Crippen LogP contribution is 2.36. The van der Waals surface area contributed by atoms with Crippen molar-refractivity contribution in [1.29, 1.82) is 0 Å². The Labute approximate surface area is 144 Å². The summed E-state index contributed by atoms with van der Waals surface area (Å²) in [7, 11) is -1.71. The molecular weight excluding hydrogens is 352 g/mol. The van der Waals surface area contributed by atoms with Crippen LogP contribution in [-0.2, 0) is 4.43 Å². The molecule has 0 radical (unpaired) electrons. The first kappa shape index (κ1) is 18.8. The van der Waals surface area contributed by atoms with Crippen molar-refractivity contribution < 1.29 is 4.43 Å². The molecule has 0 aliphatic carbocycles. The number of benzene rings is 1. The quantitative estimate of drug-likeness (QED) is 0.501. The summed E-state index contributed by atoms with van der Waals surface area (Å²) in [6.45, 7) is 11.6. The highest BCUT2D eigenvalue weighted by molar-refractivity contribution is 9.12. The number of hydrogen-bond acceptors (Lipinski definition) is 1. The molecule has 0 N–H and O–H groups in total. The molecule has 0 saturated carbocycles. The van der Waals surface area contributed by atoms with Crippen LogP contribution in [0, 0.1) is 23.7 Å². The zero-order chi connectivity index (χ0) is 16.6. The maximum Gasteiger partial charge on any atom is 0.193 e. The third kappa shape index (κ3) is 6.67. The molecule has 0 unspecified atom stereocenters. The van der Waals surface area contributed by atoms with E-state index in [9.17, 15) is 0 Å². The molecule has 0 aliphatic rings. The van der Waals surface area contributed by atoms with Gasteiger partial charge in [-0.2, -0.15) is 0 Å². The standard InChI is InChI=1S/C19H23BrOSi/c1-19(2,3)22(4,5)21-16-10-15-18(20)14-9-13-17-11-7-6-8-12-17/h6-8,11-12,14H,16H2,1-5H3/b18-14+. The molecule has 0 heterocycles. The minimum Gasteiger partial charge on any atom is -0.406 e. The lowest BCUT2D eigenvalue weighted by Crippen LogP contribution is -2.40. The summed E-state index contributed by atoms with van der Waals surface area (Å²) in [4.78, 5) is 0. The van der Waals surface area contributed by atoms with E-state index in [1.165, 1.54) is 0 Å². The van der Waals surface area contributed by atoms with Crippen LogP contribution in [0.15, 0.2) is 40.9 Å². The lowest BCUT2D eigenvalue weighted by molar-refractivity contribution is 0.334. The predicted molar refractivity (Wildman–Crippen MR) is 101 cm³/mol. The number of halogens is 1. The van der Waals surface area contributed by atoms with Crippen LogP contribution in [0.5, 0.6) is 0 Å². The van der Waals surface area contributed by atoms with Crippen molar-refractivity contribution in [2.75, 3.05) is 6.61 Å². The van der Waals surface area contributed by atoms with Gasteiger partial charge in [0.2, 0.25) is 0 Å². The summed E-state index contributed by atoms with van der Waals surface area (Å²) in [6.07, 6.45) is 1.77. The topological polar surface area (TPSA) is 9.23 Å². The predicted octanol–water partition coefficient (Wildman–Crippen LogP) is 5.34. The summed E-state index contributed by atoms with van der Waals surface area (Å²) in [5.74, 6) is 12.1. The molecule has 0 atom stereocenters. The van der Waals surface area contributed by atoms with Crippen molar-refractivity contribution in [2.45, 2.75) is 38.9 Å². The van der Waals surface area contributed by atoms with Gasteiger partial charge < -0.3 is 4.43 Å². The van der Waals surface area contributed by atoms with E-state index in [1.54, 1.807) is 6.08 Å². The highest BCUT2D eigenvalue weighted by atomic mass is 79.9. The zero-order valence-corrected chi connectivity index (χ0v) is 16.5. The lowest BCUT2D eigenvalue weighted by atomic mass is 10.2. The van der Waals surface area contributed by atoms with Crippen molar-refractivity contribution >= 4 is 24.2 Å². The second-order valence-corrected chi connectivity index (χ2v) is 12.1. The van der Waals surface area contributed by atoms with Gasteiger partial charge in [0.15, 0.2) is 8.32 Å². The van der Waals surface area contributed by atoms with E-state index >= 15 is 0 Å².